The van der Waals surface area contributed by atoms with E-state index in [1.807, 2.05) is 12.1 Å². The van der Waals surface area contributed by atoms with Crippen molar-refractivity contribution >= 4 is 35.2 Å². The lowest BCUT2D eigenvalue weighted by Gasteiger charge is -2.32. The van der Waals surface area contributed by atoms with Crippen molar-refractivity contribution in [1.82, 2.24) is 9.97 Å². The SMILES string of the molecule is Fc1cccc(-c2nc(NSc3cccc(N4CCC4)n3)ccc2C(F)(F)F)c1Cl. The van der Waals surface area contributed by atoms with Crippen LogP contribution in [0.25, 0.3) is 11.3 Å². The average molecular weight is 455 g/mol. The summed E-state index contributed by atoms with van der Waals surface area (Å²) in [7, 11) is 0. The van der Waals surface area contributed by atoms with Gasteiger partial charge in [0.25, 0.3) is 0 Å². The highest BCUT2D eigenvalue weighted by atomic mass is 35.5. The molecular formula is C20H15ClF4N4S. The van der Waals surface area contributed by atoms with Gasteiger partial charge in [-0.2, -0.15) is 13.2 Å². The van der Waals surface area contributed by atoms with Crippen LogP contribution in [-0.2, 0) is 6.18 Å². The van der Waals surface area contributed by atoms with Gasteiger partial charge in [0.05, 0.1) is 16.3 Å². The van der Waals surface area contributed by atoms with E-state index in [-0.39, 0.29) is 11.4 Å². The van der Waals surface area contributed by atoms with Gasteiger partial charge in [-0.05, 0) is 36.8 Å². The molecule has 0 unspecified atom stereocenters. The maximum Gasteiger partial charge on any atom is 0.418 e. The minimum absolute atomic E-state index is 0.129. The van der Waals surface area contributed by atoms with Gasteiger partial charge in [-0.25, -0.2) is 14.4 Å². The van der Waals surface area contributed by atoms with Gasteiger partial charge in [-0.15, -0.1) is 0 Å². The largest absolute Gasteiger partial charge is 0.418 e. The summed E-state index contributed by atoms with van der Waals surface area (Å²) in [6.45, 7) is 1.90. The number of halogens is 5. The number of rotatable bonds is 5. The van der Waals surface area contributed by atoms with E-state index in [0.717, 1.165) is 49.4 Å². The molecule has 3 aromatic rings. The average Bonchev–Trinajstić information content (AvgIpc) is 2.66. The minimum Gasteiger partial charge on any atom is -0.356 e. The molecule has 10 heteroatoms. The van der Waals surface area contributed by atoms with E-state index in [1.165, 1.54) is 18.2 Å². The number of nitrogens with one attached hydrogen (secondary N) is 1. The first kappa shape index (κ1) is 20.7. The molecule has 3 heterocycles. The van der Waals surface area contributed by atoms with Gasteiger partial charge in [0.15, 0.2) is 0 Å². The number of anilines is 2. The number of alkyl halides is 3. The van der Waals surface area contributed by atoms with E-state index >= 15 is 0 Å². The van der Waals surface area contributed by atoms with Gasteiger partial charge < -0.3 is 9.62 Å². The molecule has 0 amide bonds. The molecule has 0 bridgehead atoms. The summed E-state index contributed by atoms with van der Waals surface area (Å²) >= 11 is 7.04. The highest BCUT2D eigenvalue weighted by molar-refractivity contribution is 8.00. The Kier molecular flexibility index (Phi) is 5.75. The highest BCUT2D eigenvalue weighted by Crippen LogP contribution is 2.40. The summed E-state index contributed by atoms with van der Waals surface area (Å²) in [4.78, 5) is 10.7. The van der Waals surface area contributed by atoms with Crippen molar-refractivity contribution in [3.8, 4) is 11.3 Å². The van der Waals surface area contributed by atoms with Gasteiger partial charge >= 0.3 is 6.18 Å². The first-order chi connectivity index (χ1) is 14.3. The van der Waals surface area contributed by atoms with E-state index in [1.54, 1.807) is 6.07 Å². The van der Waals surface area contributed by atoms with Crippen LogP contribution in [0.4, 0.5) is 29.2 Å². The van der Waals surface area contributed by atoms with Crippen molar-refractivity contribution < 1.29 is 17.6 Å². The normalized spacial score (nSPS) is 13.8. The Balaban J connectivity index is 1.63. The number of benzene rings is 1. The maximum absolute atomic E-state index is 13.8. The van der Waals surface area contributed by atoms with Gasteiger partial charge in [-0.3, -0.25) is 0 Å². The zero-order valence-electron chi connectivity index (χ0n) is 15.4. The number of nitrogens with zero attached hydrogens (tertiary/aromatic N) is 3. The van der Waals surface area contributed by atoms with Gasteiger partial charge in [0, 0.05) is 30.6 Å². The lowest BCUT2D eigenvalue weighted by molar-refractivity contribution is -0.137. The fraction of sp³-hybridized carbons (Fsp3) is 0.200. The number of hydrogen-bond donors (Lipinski definition) is 1. The van der Waals surface area contributed by atoms with Crippen molar-refractivity contribution in [3.05, 3.63) is 64.9 Å². The lowest BCUT2D eigenvalue weighted by atomic mass is 10.0. The third kappa shape index (κ3) is 4.32. The number of pyridine rings is 2. The molecule has 0 radical (unpaired) electrons. The third-order valence-corrected chi connectivity index (χ3v) is 5.69. The first-order valence-electron chi connectivity index (χ1n) is 9.00. The molecule has 1 saturated heterocycles. The van der Waals surface area contributed by atoms with Crippen LogP contribution in [0.2, 0.25) is 5.02 Å². The summed E-state index contributed by atoms with van der Waals surface area (Å²) < 4.78 is 57.2. The van der Waals surface area contributed by atoms with Crippen molar-refractivity contribution in [1.29, 1.82) is 0 Å². The van der Waals surface area contributed by atoms with Crippen LogP contribution in [0.1, 0.15) is 12.0 Å². The first-order valence-corrected chi connectivity index (χ1v) is 10.2. The predicted octanol–water partition coefficient (Wildman–Crippen LogP) is 6.28. The zero-order valence-corrected chi connectivity index (χ0v) is 17.0. The van der Waals surface area contributed by atoms with Crippen molar-refractivity contribution in [2.24, 2.45) is 0 Å². The van der Waals surface area contributed by atoms with E-state index in [2.05, 4.69) is 19.6 Å². The van der Waals surface area contributed by atoms with Crippen LogP contribution < -0.4 is 9.62 Å². The molecule has 0 atom stereocenters. The monoisotopic (exact) mass is 454 g/mol. The van der Waals surface area contributed by atoms with E-state index in [0.29, 0.717) is 5.03 Å². The van der Waals surface area contributed by atoms with Crippen molar-refractivity contribution in [2.45, 2.75) is 17.6 Å². The Morgan fingerprint density at radius 1 is 1.00 bits per heavy atom. The topological polar surface area (TPSA) is 41.1 Å². The van der Waals surface area contributed by atoms with Gasteiger partial charge in [0.2, 0.25) is 0 Å². The fourth-order valence-corrected chi connectivity index (χ4v) is 3.75. The summed E-state index contributed by atoms with van der Waals surface area (Å²) in [5, 5.41) is 0.232. The standard InChI is InChI=1S/C20H15ClF4N4S/c21-18-12(4-1-5-14(18)22)19-13(20(23,24)25)8-9-15(26-19)28-30-17-7-2-6-16(27-17)29-10-3-11-29/h1-2,4-9H,3,10-11H2,(H,26,28). The van der Waals surface area contributed by atoms with Crippen molar-refractivity contribution in [2.75, 3.05) is 22.7 Å². The van der Waals surface area contributed by atoms with E-state index < -0.39 is 28.3 Å². The van der Waals surface area contributed by atoms with Crippen molar-refractivity contribution in [3.63, 3.8) is 0 Å². The summed E-state index contributed by atoms with van der Waals surface area (Å²) in [5.41, 5.74) is -1.57. The second-order valence-corrected chi connectivity index (χ2v) is 7.78. The fourth-order valence-electron chi connectivity index (χ4n) is 2.92. The minimum atomic E-state index is -4.67. The van der Waals surface area contributed by atoms with Gasteiger partial charge in [0.1, 0.15) is 22.5 Å². The lowest BCUT2D eigenvalue weighted by Crippen LogP contribution is -2.37. The van der Waals surface area contributed by atoms with Crippen LogP contribution in [0.5, 0.6) is 0 Å². The molecule has 30 heavy (non-hydrogen) atoms. The molecule has 156 valence electrons. The molecule has 1 aliphatic rings. The zero-order chi connectivity index (χ0) is 21.3. The summed E-state index contributed by atoms with van der Waals surface area (Å²) in [6, 6.07) is 11.3. The molecule has 1 aliphatic heterocycles. The molecular weight excluding hydrogens is 440 g/mol. The predicted molar refractivity (Wildman–Crippen MR) is 110 cm³/mol. The van der Waals surface area contributed by atoms with Crippen LogP contribution in [0, 0.1) is 5.82 Å². The Morgan fingerprint density at radius 2 is 1.77 bits per heavy atom. The number of aromatic nitrogens is 2. The molecule has 0 aliphatic carbocycles. The smallest absolute Gasteiger partial charge is 0.356 e. The summed E-state index contributed by atoms with van der Waals surface area (Å²) in [6.07, 6.45) is -3.55. The molecule has 4 rings (SSSR count). The van der Waals surface area contributed by atoms with Crippen LogP contribution in [-0.4, -0.2) is 23.1 Å². The molecule has 4 nitrogen and oxygen atoms in total. The maximum atomic E-state index is 13.8. The Morgan fingerprint density at radius 3 is 2.47 bits per heavy atom. The van der Waals surface area contributed by atoms with Crippen LogP contribution in [0.3, 0.4) is 0 Å². The third-order valence-electron chi connectivity index (χ3n) is 4.56. The van der Waals surface area contributed by atoms with Gasteiger partial charge in [-0.1, -0.05) is 29.8 Å². The molecule has 1 N–H and O–H groups in total. The Hall–Kier alpha value is -2.52. The second kappa shape index (κ2) is 8.31. The highest BCUT2D eigenvalue weighted by Gasteiger charge is 2.35. The molecule has 1 aromatic carbocycles. The Bertz CT molecular complexity index is 1070. The Labute approximate surface area is 179 Å². The molecule has 1 fully saturated rings. The second-order valence-electron chi connectivity index (χ2n) is 6.57. The molecule has 0 spiro atoms. The molecule has 2 aromatic heterocycles. The number of hydrogen-bond acceptors (Lipinski definition) is 5. The van der Waals surface area contributed by atoms with Crippen LogP contribution >= 0.6 is 23.5 Å². The van der Waals surface area contributed by atoms with Crippen LogP contribution in [0.15, 0.2) is 53.6 Å². The quantitative estimate of drug-likeness (QED) is 0.362. The van der Waals surface area contributed by atoms with E-state index in [4.69, 9.17) is 11.6 Å². The summed E-state index contributed by atoms with van der Waals surface area (Å²) in [5.74, 6) is 0.198. The molecule has 0 saturated carbocycles. The van der Waals surface area contributed by atoms with E-state index in [9.17, 15) is 17.6 Å².